The normalized spacial score (nSPS) is 12.8. The lowest BCUT2D eigenvalue weighted by atomic mass is 9.92. The van der Waals surface area contributed by atoms with Gasteiger partial charge in [0.1, 0.15) is 0 Å². The molecule has 1 atom stereocenters. The second kappa shape index (κ2) is 15.1. The van der Waals surface area contributed by atoms with Crippen molar-refractivity contribution >= 4 is 0 Å². The molecular formula is C18H38. The molecule has 0 N–H and O–H groups in total. The number of hydrogen-bond donors (Lipinski definition) is 0. The Hall–Kier alpha value is 0. The molecule has 0 aliphatic carbocycles. The van der Waals surface area contributed by atoms with Gasteiger partial charge in [-0.3, -0.25) is 0 Å². The molecule has 0 spiro atoms. The van der Waals surface area contributed by atoms with Crippen molar-refractivity contribution in [3.05, 3.63) is 0 Å². The van der Waals surface area contributed by atoms with Gasteiger partial charge in [0.05, 0.1) is 0 Å². The fourth-order valence-electron chi connectivity index (χ4n) is 2.80. The van der Waals surface area contributed by atoms with Gasteiger partial charge in [-0.05, 0) is 5.92 Å². The fraction of sp³-hybridized carbons (Fsp3) is 1.00. The van der Waals surface area contributed by atoms with Crippen LogP contribution in [0.3, 0.4) is 0 Å². The lowest BCUT2D eigenvalue weighted by Crippen LogP contribution is -1.99. The molecule has 0 nitrogen and oxygen atoms in total. The van der Waals surface area contributed by atoms with Gasteiger partial charge in [-0.15, -0.1) is 0 Å². The van der Waals surface area contributed by atoms with E-state index in [1.54, 1.807) is 0 Å². The molecule has 0 rings (SSSR count). The lowest BCUT2D eigenvalue weighted by molar-refractivity contribution is 0.395. The minimum Gasteiger partial charge on any atom is -0.0654 e. The van der Waals surface area contributed by atoms with Gasteiger partial charge < -0.3 is 0 Å². The van der Waals surface area contributed by atoms with Gasteiger partial charge in [0, 0.05) is 0 Å². The molecule has 0 aliphatic heterocycles. The first-order valence-corrected chi connectivity index (χ1v) is 8.85. The van der Waals surface area contributed by atoms with Crippen molar-refractivity contribution in [1.29, 1.82) is 0 Å². The van der Waals surface area contributed by atoms with Gasteiger partial charge >= 0.3 is 0 Å². The molecule has 0 saturated heterocycles. The van der Waals surface area contributed by atoms with Gasteiger partial charge in [0.15, 0.2) is 0 Å². The number of hydrogen-bond acceptors (Lipinski definition) is 0. The van der Waals surface area contributed by atoms with Crippen LogP contribution in [0.4, 0.5) is 0 Å². The van der Waals surface area contributed by atoms with E-state index in [-0.39, 0.29) is 0 Å². The lowest BCUT2D eigenvalue weighted by Gasteiger charge is -2.14. The standard InChI is InChI=1S/C18H38/c1-4-7-9-10-11-12-13-15-17-18(6-3)16-14-8-5-2/h18H,4-17H2,1-3H3. The van der Waals surface area contributed by atoms with Crippen LogP contribution in [-0.4, -0.2) is 0 Å². The number of unbranched alkanes of at least 4 members (excludes halogenated alkanes) is 9. The smallest absolute Gasteiger partial charge is 0.0417 e. The van der Waals surface area contributed by atoms with Crippen molar-refractivity contribution < 1.29 is 0 Å². The van der Waals surface area contributed by atoms with Crippen LogP contribution in [0.25, 0.3) is 0 Å². The first-order chi connectivity index (χ1) is 8.85. The molecule has 0 fully saturated rings. The second-order valence-corrected chi connectivity index (χ2v) is 6.03. The van der Waals surface area contributed by atoms with E-state index >= 15 is 0 Å². The summed E-state index contributed by atoms with van der Waals surface area (Å²) in [5.74, 6) is 1.02. The Labute approximate surface area is 117 Å². The van der Waals surface area contributed by atoms with Crippen LogP contribution in [0.1, 0.15) is 111 Å². The molecular weight excluding hydrogens is 216 g/mol. The highest BCUT2D eigenvalue weighted by atomic mass is 14.1. The third kappa shape index (κ3) is 12.5. The highest BCUT2D eigenvalue weighted by molar-refractivity contribution is 4.58. The third-order valence-electron chi connectivity index (χ3n) is 4.26. The minimum atomic E-state index is 1.02. The second-order valence-electron chi connectivity index (χ2n) is 6.03. The van der Waals surface area contributed by atoms with Crippen molar-refractivity contribution in [3.8, 4) is 0 Å². The highest BCUT2D eigenvalue weighted by Crippen LogP contribution is 2.21. The van der Waals surface area contributed by atoms with Crippen LogP contribution in [0.15, 0.2) is 0 Å². The van der Waals surface area contributed by atoms with Gasteiger partial charge in [-0.25, -0.2) is 0 Å². The minimum absolute atomic E-state index is 1.02. The predicted molar refractivity (Wildman–Crippen MR) is 85.2 cm³/mol. The van der Waals surface area contributed by atoms with Crippen LogP contribution in [0.2, 0.25) is 0 Å². The van der Waals surface area contributed by atoms with E-state index in [0.29, 0.717) is 0 Å². The summed E-state index contributed by atoms with van der Waals surface area (Å²) >= 11 is 0. The van der Waals surface area contributed by atoms with E-state index in [2.05, 4.69) is 20.8 Å². The molecule has 0 aliphatic rings. The molecule has 0 radical (unpaired) electrons. The van der Waals surface area contributed by atoms with Crippen LogP contribution in [0.5, 0.6) is 0 Å². The van der Waals surface area contributed by atoms with Gasteiger partial charge in [-0.1, -0.05) is 111 Å². The van der Waals surface area contributed by atoms with Crippen molar-refractivity contribution in [2.45, 2.75) is 111 Å². The zero-order valence-corrected chi connectivity index (χ0v) is 13.5. The maximum atomic E-state index is 2.38. The van der Waals surface area contributed by atoms with Crippen molar-refractivity contribution in [2.75, 3.05) is 0 Å². The molecule has 0 amide bonds. The summed E-state index contributed by atoms with van der Waals surface area (Å²) in [6.07, 6.45) is 20.3. The summed E-state index contributed by atoms with van der Waals surface area (Å²) < 4.78 is 0. The Morgan fingerprint density at radius 1 is 0.500 bits per heavy atom. The SMILES string of the molecule is CCCCCCCCCCC(CC)CCCCC. The Balaban J connectivity index is 3.23. The Kier molecular flexibility index (Phi) is 15.1. The zero-order chi connectivity index (χ0) is 13.5. The van der Waals surface area contributed by atoms with Gasteiger partial charge in [0.25, 0.3) is 0 Å². The first-order valence-electron chi connectivity index (χ1n) is 8.85. The fourth-order valence-corrected chi connectivity index (χ4v) is 2.80. The Morgan fingerprint density at radius 2 is 0.889 bits per heavy atom. The third-order valence-corrected chi connectivity index (χ3v) is 4.26. The summed E-state index contributed by atoms with van der Waals surface area (Å²) in [6, 6.07) is 0. The Morgan fingerprint density at radius 3 is 1.39 bits per heavy atom. The molecule has 0 aromatic heterocycles. The molecule has 0 heteroatoms. The average molecular weight is 255 g/mol. The average Bonchev–Trinajstić information content (AvgIpc) is 2.40. The maximum Gasteiger partial charge on any atom is -0.0417 e. The molecule has 0 bridgehead atoms. The first kappa shape index (κ1) is 18.0. The predicted octanol–water partition coefficient (Wildman–Crippen LogP) is 7.12. The molecule has 0 aromatic rings. The topological polar surface area (TPSA) is 0 Å². The molecule has 110 valence electrons. The summed E-state index contributed by atoms with van der Waals surface area (Å²) in [4.78, 5) is 0. The summed E-state index contributed by atoms with van der Waals surface area (Å²) in [5, 5.41) is 0. The Bertz CT molecular complexity index is 139. The molecule has 0 saturated carbocycles. The quantitative estimate of drug-likeness (QED) is 0.289. The summed E-state index contributed by atoms with van der Waals surface area (Å²) in [6.45, 7) is 6.98. The van der Waals surface area contributed by atoms with Crippen LogP contribution >= 0.6 is 0 Å². The van der Waals surface area contributed by atoms with E-state index in [4.69, 9.17) is 0 Å². The van der Waals surface area contributed by atoms with Crippen LogP contribution in [0, 0.1) is 5.92 Å². The molecule has 1 unspecified atom stereocenters. The van der Waals surface area contributed by atoms with Crippen LogP contribution in [-0.2, 0) is 0 Å². The largest absolute Gasteiger partial charge is 0.0654 e. The molecule has 0 aromatic carbocycles. The van der Waals surface area contributed by atoms with E-state index in [1.807, 2.05) is 0 Å². The zero-order valence-electron chi connectivity index (χ0n) is 13.5. The van der Waals surface area contributed by atoms with Crippen molar-refractivity contribution in [2.24, 2.45) is 5.92 Å². The van der Waals surface area contributed by atoms with E-state index in [0.717, 1.165) is 5.92 Å². The van der Waals surface area contributed by atoms with Crippen LogP contribution < -0.4 is 0 Å². The van der Waals surface area contributed by atoms with Gasteiger partial charge in [-0.2, -0.15) is 0 Å². The van der Waals surface area contributed by atoms with E-state index in [9.17, 15) is 0 Å². The molecule has 18 heavy (non-hydrogen) atoms. The highest BCUT2D eigenvalue weighted by Gasteiger charge is 2.05. The summed E-state index contributed by atoms with van der Waals surface area (Å²) in [5.41, 5.74) is 0. The van der Waals surface area contributed by atoms with E-state index < -0.39 is 0 Å². The van der Waals surface area contributed by atoms with E-state index in [1.165, 1.54) is 89.9 Å². The summed E-state index contributed by atoms with van der Waals surface area (Å²) in [7, 11) is 0. The maximum absolute atomic E-state index is 2.38. The van der Waals surface area contributed by atoms with Crippen molar-refractivity contribution in [3.63, 3.8) is 0 Å². The monoisotopic (exact) mass is 254 g/mol. The van der Waals surface area contributed by atoms with Gasteiger partial charge in [0.2, 0.25) is 0 Å². The van der Waals surface area contributed by atoms with Crippen molar-refractivity contribution in [1.82, 2.24) is 0 Å². The number of rotatable bonds is 14. The molecule has 0 heterocycles.